The molecule has 1 fully saturated rings. The second kappa shape index (κ2) is 4.37. The van der Waals surface area contributed by atoms with Gasteiger partial charge in [0.25, 0.3) is 0 Å². The van der Waals surface area contributed by atoms with Crippen molar-refractivity contribution in [1.29, 1.82) is 0 Å². The molecule has 0 saturated carbocycles. The maximum atomic E-state index is 13.7. The molecule has 2 nitrogen and oxygen atoms in total. The largest absolute Gasteiger partial charge is 0.315 e. The molecule has 1 N–H and O–H groups in total. The summed E-state index contributed by atoms with van der Waals surface area (Å²) < 4.78 is 13.7. The van der Waals surface area contributed by atoms with Crippen molar-refractivity contribution in [3.63, 3.8) is 0 Å². The molecule has 88 valence electrons. The Balaban J connectivity index is 1.97. The second-order valence-electron chi connectivity index (χ2n) is 4.05. The van der Waals surface area contributed by atoms with Crippen molar-refractivity contribution < 1.29 is 4.39 Å². The highest BCUT2D eigenvalue weighted by molar-refractivity contribution is 7.10. The highest BCUT2D eigenvalue weighted by Crippen LogP contribution is 2.30. The monoisotopic (exact) mass is 268 g/mol. The Labute approximate surface area is 107 Å². The van der Waals surface area contributed by atoms with Crippen LogP contribution in [-0.4, -0.2) is 18.1 Å². The fourth-order valence-electron chi connectivity index (χ4n) is 1.76. The Bertz CT molecular complexity index is 551. The van der Waals surface area contributed by atoms with Crippen LogP contribution in [0.25, 0.3) is 11.3 Å². The summed E-state index contributed by atoms with van der Waals surface area (Å²) in [6.45, 7) is 1.93. The van der Waals surface area contributed by atoms with Gasteiger partial charge < -0.3 is 5.32 Å². The van der Waals surface area contributed by atoms with E-state index < -0.39 is 0 Å². The Morgan fingerprint density at radius 1 is 1.41 bits per heavy atom. The molecule has 0 amide bonds. The molecular weight excluding hydrogens is 259 g/mol. The summed E-state index contributed by atoms with van der Waals surface area (Å²) in [7, 11) is 0. The molecule has 0 bridgehead atoms. The van der Waals surface area contributed by atoms with Crippen molar-refractivity contribution in [2.24, 2.45) is 0 Å². The van der Waals surface area contributed by atoms with Crippen molar-refractivity contribution in [3.05, 3.63) is 39.4 Å². The zero-order chi connectivity index (χ0) is 11.8. The molecule has 0 radical (unpaired) electrons. The van der Waals surface area contributed by atoms with Gasteiger partial charge in [-0.1, -0.05) is 11.6 Å². The topological polar surface area (TPSA) is 24.9 Å². The van der Waals surface area contributed by atoms with Crippen molar-refractivity contribution in [2.75, 3.05) is 13.1 Å². The number of nitrogens with one attached hydrogen (secondary N) is 1. The summed E-state index contributed by atoms with van der Waals surface area (Å²) in [6, 6.07) is 4.54. The number of hydrogen-bond donors (Lipinski definition) is 1. The van der Waals surface area contributed by atoms with Gasteiger partial charge in [-0.15, -0.1) is 11.3 Å². The first-order valence-electron chi connectivity index (χ1n) is 5.35. The van der Waals surface area contributed by atoms with Crippen molar-refractivity contribution >= 4 is 22.9 Å². The van der Waals surface area contributed by atoms with Gasteiger partial charge in [0.15, 0.2) is 0 Å². The molecule has 3 rings (SSSR count). The number of thiazole rings is 1. The van der Waals surface area contributed by atoms with Gasteiger partial charge in [0.05, 0.1) is 10.7 Å². The molecule has 2 heterocycles. The van der Waals surface area contributed by atoms with Crippen LogP contribution in [0.2, 0.25) is 5.02 Å². The molecule has 1 aromatic carbocycles. The zero-order valence-electron chi connectivity index (χ0n) is 8.91. The van der Waals surface area contributed by atoms with Gasteiger partial charge in [0.2, 0.25) is 0 Å². The average Bonchev–Trinajstić information content (AvgIpc) is 2.68. The third-order valence-corrected chi connectivity index (χ3v) is 4.10. The Morgan fingerprint density at radius 3 is 2.94 bits per heavy atom. The first kappa shape index (κ1) is 11.1. The molecule has 1 aliphatic rings. The van der Waals surface area contributed by atoms with Gasteiger partial charge >= 0.3 is 0 Å². The summed E-state index contributed by atoms with van der Waals surface area (Å²) >= 11 is 7.46. The number of nitrogens with zero attached hydrogens (tertiary/aromatic N) is 1. The maximum Gasteiger partial charge on any atom is 0.132 e. The predicted molar refractivity (Wildman–Crippen MR) is 68.1 cm³/mol. The molecular formula is C12H10ClFN2S. The Hall–Kier alpha value is -0.970. The van der Waals surface area contributed by atoms with Gasteiger partial charge in [-0.25, -0.2) is 9.37 Å². The van der Waals surface area contributed by atoms with E-state index in [4.69, 9.17) is 11.6 Å². The van der Waals surface area contributed by atoms with Gasteiger partial charge in [-0.2, -0.15) is 0 Å². The minimum Gasteiger partial charge on any atom is -0.315 e. The van der Waals surface area contributed by atoms with Crippen LogP contribution in [0.4, 0.5) is 4.39 Å². The van der Waals surface area contributed by atoms with Crippen LogP contribution in [0, 0.1) is 5.82 Å². The Kier molecular flexibility index (Phi) is 2.86. The van der Waals surface area contributed by atoms with Gasteiger partial charge in [0, 0.05) is 35.0 Å². The number of halogens is 2. The lowest BCUT2D eigenvalue weighted by atomic mass is 10.1. The molecule has 0 spiro atoms. The first-order valence-corrected chi connectivity index (χ1v) is 6.61. The summed E-state index contributed by atoms with van der Waals surface area (Å²) in [5.74, 6) is 0.203. The summed E-state index contributed by atoms with van der Waals surface area (Å²) in [6.07, 6.45) is 0. The number of aromatic nitrogens is 1. The van der Waals surface area contributed by atoms with E-state index in [9.17, 15) is 4.39 Å². The highest BCUT2D eigenvalue weighted by atomic mass is 35.5. The van der Waals surface area contributed by atoms with E-state index in [1.54, 1.807) is 23.5 Å². The van der Waals surface area contributed by atoms with Crippen molar-refractivity contribution in [1.82, 2.24) is 10.3 Å². The average molecular weight is 269 g/mol. The van der Waals surface area contributed by atoms with E-state index in [1.165, 1.54) is 6.07 Å². The lowest BCUT2D eigenvalue weighted by Gasteiger charge is -2.24. The first-order chi connectivity index (χ1) is 8.24. The van der Waals surface area contributed by atoms with Crippen LogP contribution in [0.1, 0.15) is 10.9 Å². The number of hydrogen-bond acceptors (Lipinski definition) is 3. The van der Waals surface area contributed by atoms with Crippen LogP contribution in [0.5, 0.6) is 0 Å². The van der Waals surface area contributed by atoms with Crippen LogP contribution in [0.3, 0.4) is 0 Å². The van der Waals surface area contributed by atoms with E-state index in [2.05, 4.69) is 10.3 Å². The third-order valence-electron chi connectivity index (χ3n) is 2.86. The highest BCUT2D eigenvalue weighted by Gasteiger charge is 2.22. The maximum absolute atomic E-state index is 13.7. The molecule has 0 unspecified atom stereocenters. The quantitative estimate of drug-likeness (QED) is 0.904. The molecule has 2 aromatic rings. The number of benzene rings is 1. The van der Waals surface area contributed by atoms with E-state index in [0.717, 1.165) is 18.1 Å². The van der Waals surface area contributed by atoms with Crippen molar-refractivity contribution in [3.8, 4) is 11.3 Å². The van der Waals surface area contributed by atoms with E-state index >= 15 is 0 Å². The number of rotatable bonds is 2. The fourth-order valence-corrected chi connectivity index (χ4v) is 2.85. The second-order valence-corrected chi connectivity index (χ2v) is 5.38. The SMILES string of the molecule is Fc1ccc(Cl)cc1-c1csc(C2CNC2)n1. The van der Waals surface area contributed by atoms with Gasteiger partial charge in [0.1, 0.15) is 5.82 Å². The minimum absolute atomic E-state index is 0.280. The molecule has 17 heavy (non-hydrogen) atoms. The van der Waals surface area contributed by atoms with Crippen LogP contribution >= 0.6 is 22.9 Å². The third kappa shape index (κ3) is 2.08. The Morgan fingerprint density at radius 2 is 2.24 bits per heavy atom. The summed E-state index contributed by atoms with van der Waals surface area (Å²) in [4.78, 5) is 4.48. The molecule has 0 aliphatic carbocycles. The van der Waals surface area contributed by atoms with Crippen LogP contribution < -0.4 is 5.32 Å². The molecule has 1 saturated heterocycles. The minimum atomic E-state index is -0.280. The fraction of sp³-hybridized carbons (Fsp3) is 0.250. The predicted octanol–water partition coefficient (Wildman–Crippen LogP) is 3.29. The lowest BCUT2D eigenvalue weighted by Crippen LogP contribution is -2.39. The summed E-state index contributed by atoms with van der Waals surface area (Å²) in [5.41, 5.74) is 1.16. The molecule has 0 atom stereocenters. The van der Waals surface area contributed by atoms with Gasteiger partial charge in [-0.3, -0.25) is 0 Å². The summed E-state index contributed by atoms with van der Waals surface area (Å²) in [5, 5.41) is 6.69. The molecule has 1 aliphatic heterocycles. The van der Waals surface area contributed by atoms with E-state index in [-0.39, 0.29) is 5.82 Å². The standard InChI is InChI=1S/C12H10ClFN2S/c13-8-1-2-10(14)9(3-8)11-6-17-12(16-11)7-4-15-5-7/h1-3,6-7,15H,4-5H2. The smallest absolute Gasteiger partial charge is 0.132 e. The molecule has 5 heteroatoms. The zero-order valence-corrected chi connectivity index (χ0v) is 10.5. The lowest BCUT2D eigenvalue weighted by molar-refractivity contribution is 0.447. The van der Waals surface area contributed by atoms with E-state index in [1.807, 2.05) is 5.38 Å². The van der Waals surface area contributed by atoms with E-state index in [0.29, 0.717) is 22.2 Å². The van der Waals surface area contributed by atoms with Crippen molar-refractivity contribution in [2.45, 2.75) is 5.92 Å². The van der Waals surface area contributed by atoms with Crippen LogP contribution in [-0.2, 0) is 0 Å². The molecule has 1 aromatic heterocycles. The van der Waals surface area contributed by atoms with Crippen LogP contribution in [0.15, 0.2) is 23.6 Å². The normalized spacial score (nSPS) is 15.9. The van der Waals surface area contributed by atoms with Gasteiger partial charge in [-0.05, 0) is 18.2 Å².